The van der Waals surface area contributed by atoms with Crippen molar-refractivity contribution in [3.63, 3.8) is 0 Å². The Morgan fingerprint density at radius 2 is 1.88 bits per heavy atom. The zero-order valence-corrected chi connectivity index (χ0v) is 15.6. The van der Waals surface area contributed by atoms with Crippen molar-refractivity contribution < 1.29 is 9.53 Å². The highest BCUT2D eigenvalue weighted by Gasteiger charge is 2.25. The number of nitrogens with two attached hydrogens (primary N) is 1. The quantitative estimate of drug-likeness (QED) is 0.777. The van der Waals surface area contributed by atoms with Gasteiger partial charge in [0.05, 0.1) is 23.1 Å². The van der Waals surface area contributed by atoms with E-state index < -0.39 is 5.60 Å². The number of aromatic nitrogens is 2. The number of nitrogens with zero attached hydrogens (tertiary/aromatic N) is 2. The molecule has 0 bridgehead atoms. The number of nitrogen functional groups attached to an aromatic ring is 1. The van der Waals surface area contributed by atoms with Crippen molar-refractivity contribution in [3.8, 4) is 0 Å². The highest BCUT2D eigenvalue weighted by atomic mass is 16.6. The summed E-state index contributed by atoms with van der Waals surface area (Å²) in [5, 5.41) is 6.50. The van der Waals surface area contributed by atoms with E-state index in [1.807, 2.05) is 32.9 Å². The Morgan fingerprint density at radius 3 is 2.58 bits per heavy atom. The van der Waals surface area contributed by atoms with Gasteiger partial charge in [-0.15, -0.1) is 0 Å². The molecule has 2 aromatic rings. The van der Waals surface area contributed by atoms with Gasteiger partial charge in [-0.3, -0.25) is 9.97 Å². The molecule has 1 saturated carbocycles. The number of rotatable bonds is 3. The van der Waals surface area contributed by atoms with E-state index in [1.54, 1.807) is 12.4 Å². The molecule has 26 heavy (non-hydrogen) atoms. The lowest BCUT2D eigenvalue weighted by molar-refractivity contribution is 0.0492. The lowest BCUT2D eigenvalue weighted by atomic mass is 9.91. The van der Waals surface area contributed by atoms with Crippen LogP contribution in [-0.2, 0) is 4.74 Å². The molecule has 140 valence electrons. The number of ether oxygens (including phenoxy) is 1. The van der Waals surface area contributed by atoms with Crippen molar-refractivity contribution in [1.29, 1.82) is 0 Å². The molecule has 1 aliphatic carbocycles. The van der Waals surface area contributed by atoms with Crippen molar-refractivity contribution in [2.75, 3.05) is 11.1 Å². The third kappa shape index (κ3) is 4.53. The summed E-state index contributed by atoms with van der Waals surface area (Å²) in [6.45, 7) is 5.60. The topological polar surface area (TPSA) is 102 Å². The summed E-state index contributed by atoms with van der Waals surface area (Å²) in [5.74, 6) is 0. The molecule has 0 aliphatic heterocycles. The summed E-state index contributed by atoms with van der Waals surface area (Å²) in [7, 11) is 0. The number of amides is 1. The lowest BCUT2D eigenvalue weighted by Gasteiger charge is -2.31. The molecular formula is C19H27N5O2. The van der Waals surface area contributed by atoms with Crippen molar-refractivity contribution in [2.24, 2.45) is 0 Å². The number of fused-ring (bicyclic) bond motifs is 1. The predicted octanol–water partition coefficient (Wildman–Crippen LogP) is 3.46. The number of hydrogen-bond acceptors (Lipinski definition) is 6. The summed E-state index contributed by atoms with van der Waals surface area (Å²) >= 11 is 0. The molecule has 0 radical (unpaired) electrons. The SMILES string of the molecule is CC(C)(C)OC(=O)NC1CCC(Nc2c(N)cnc3cccnc23)CC1. The van der Waals surface area contributed by atoms with Crippen molar-refractivity contribution in [3.05, 3.63) is 24.5 Å². The summed E-state index contributed by atoms with van der Waals surface area (Å²) in [5.41, 5.74) is 8.71. The Hall–Kier alpha value is -2.57. The first-order valence-electron chi connectivity index (χ1n) is 9.07. The molecule has 0 aromatic carbocycles. The van der Waals surface area contributed by atoms with E-state index in [0.717, 1.165) is 42.4 Å². The Bertz CT molecular complexity index is 779. The van der Waals surface area contributed by atoms with Crippen molar-refractivity contribution in [2.45, 2.75) is 64.1 Å². The first kappa shape index (κ1) is 18.2. The summed E-state index contributed by atoms with van der Waals surface area (Å²) in [6, 6.07) is 4.23. The maximum Gasteiger partial charge on any atom is 0.407 e. The monoisotopic (exact) mass is 357 g/mol. The van der Waals surface area contributed by atoms with Crippen LogP contribution in [0.3, 0.4) is 0 Å². The van der Waals surface area contributed by atoms with Crippen LogP contribution in [0.4, 0.5) is 16.2 Å². The minimum Gasteiger partial charge on any atom is -0.444 e. The van der Waals surface area contributed by atoms with Gasteiger partial charge in [-0.05, 0) is 58.6 Å². The van der Waals surface area contributed by atoms with E-state index in [0.29, 0.717) is 11.7 Å². The van der Waals surface area contributed by atoms with E-state index in [9.17, 15) is 4.79 Å². The molecule has 2 heterocycles. The second kappa shape index (κ2) is 7.35. The van der Waals surface area contributed by atoms with Gasteiger partial charge in [-0.25, -0.2) is 4.79 Å². The zero-order chi connectivity index (χ0) is 18.7. The number of pyridine rings is 2. The van der Waals surface area contributed by atoms with Crippen LogP contribution >= 0.6 is 0 Å². The molecular weight excluding hydrogens is 330 g/mol. The predicted molar refractivity (Wildman–Crippen MR) is 103 cm³/mol. The fourth-order valence-electron chi connectivity index (χ4n) is 3.25. The molecule has 0 unspecified atom stereocenters. The molecule has 0 atom stereocenters. The molecule has 7 nitrogen and oxygen atoms in total. The first-order chi connectivity index (χ1) is 12.3. The van der Waals surface area contributed by atoms with Gasteiger partial charge in [-0.1, -0.05) is 0 Å². The Labute approximate surface area is 153 Å². The normalized spacial score (nSPS) is 20.6. The number of anilines is 2. The number of alkyl carbamates (subject to hydrolysis) is 1. The molecule has 1 aliphatic rings. The van der Waals surface area contributed by atoms with Gasteiger partial charge in [0.2, 0.25) is 0 Å². The van der Waals surface area contributed by atoms with Crippen molar-refractivity contribution in [1.82, 2.24) is 15.3 Å². The van der Waals surface area contributed by atoms with Gasteiger partial charge < -0.3 is 21.1 Å². The second-order valence-electron chi connectivity index (χ2n) is 7.80. The minimum atomic E-state index is -0.476. The average molecular weight is 357 g/mol. The van der Waals surface area contributed by atoms with Crippen molar-refractivity contribution >= 4 is 28.5 Å². The van der Waals surface area contributed by atoms with E-state index in [4.69, 9.17) is 10.5 Å². The molecule has 4 N–H and O–H groups in total. The number of carbonyl (C=O) groups is 1. The fraction of sp³-hybridized carbons (Fsp3) is 0.526. The standard InChI is InChI=1S/C19H27N5O2/c1-19(2,3)26-18(25)24-13-8-6-12(7-9-13)23-16-14(20)11-22-15-5-4-10-21-17(15)16/h4-5,10-13H,6-9,20H2,1-3H3,(H,22,23)(H,24,25). The third-order valence-electron chi connectivity index (χ3n) is 4.45. The molecule has 1 fully saturated rings. The van der Waals surface area contributed by atoms with E-state index >= 15 is 0 Å². The Kier molecular flexibility index (Phi) is 5.15. The Morgan fingerprint density at radius 1 is 1.19 bits per heavy atom. The van der Waals surface area contributed by atoms with Crippen LogP contribution in [0.5, 0.6) is 0 Å². The van der Waals surface area contributed by atoms with Crippen LogP contribution in [0.15, 0.2) is 24.5 Å². The fourth-order valence-corrected chi connectivity index (χ4v) is 3.25. The van der Waals surface area contributed by atoms with Gasteiger partial charge in [-0.2, -0.15) is 0 Å². The van der Waals surface area contributed by atoms with Gasteiger partial charge in [0.15, 0.2) is 0 Å². The molecule has 1 amide bonds. The summed E-state index contributed by atoms with van der Waals surface area (Å²) in [4.78, 5) is 20.6. The van der Waals surface area contributed by atoms with Gasteiger partial charge in [0.1, 0.15) is 11.1 Å². The maximum atomic E-state index is 11.9. The van der Waals surface area contributed by atoms with Gasteiger partial charge >= 0.3 is 6.09 Å². The maximum absolute atomic E-state index is 11.9. The van der Waals surface area contributed by atoms with Gasteiger partial charge in [0.25, 0.3) is 0 Å². The average Bonchev–Trinajstić information content (AvgIpc) is 2.57. The minimum absolute atomic E-state index is 0.146. The lowest BCUT2D eigenvalue weighted by Crippen LogP contribution is -2.42. The zero-order valence-electron chi connectivity index (χ0n) is 15.6. The van der Waals surface area contributed by atoms with Crippen LogP contribution in [0.2, 0.25) is 0 Å². The summed E-state index contributed by atoms with van der Waals surface area (Å²) in [6.07, 6.45) is 6.74. The molecule has 0 saturated heterocycles. The number of carbonyl (C=O) groups excluding carboxylic acids is 1. The van der Waals surface area contributed by atoms with Crippen LogP contribution in [0, 0.1) is 0 Å². The first-order valence-corrected chi connectivity index (χ1v) is 9.07. The van der Waals surface area contributed by atoms with Crippen LogP contribution < -0.4 is 16.4 Å². The molecule has 7 heteroatoms. The summed E-state index contributed by atoms with van der Waals surface area (Å²) < 4.78 is 5.33. The van der Waals surface area contributed by atoms with E-state index in [2.05, 4.69) is 20.6 Å². The largest absolute Gasteiger partial charge is 0.444 e. The van der Waals surface area contributed by atoms with Gasteiger partial charge in [0, 0.05) is 18.3 Å². The van der Waals surface area contributed by atoms with E-state index in [1.165, 1.54) is 0 Å². The number of nitrogens with one attached hydrogen (secondary N) is 2. The van der Waals surface area contributed by atoms with Crippen LogP contribution in [-0.4, -0.2) is 33.7 Å². The third-order valence-corrected chi connectivity index (χ3v) is 4.45. The molecule has 0 spiro atoms. The highest BCUT2D eigenvalue weighted by molar-refractivity contribution is 5.93. The molecule has 3 rings (SSSR count). The Balaban J connectivity index is 1.58. The molecule has 2 aromatic heterocycles. The highest BCUT2D eigenvalue weighted by Crippen LogP contribution is 2.30. The second-order valence-corrected chi connectivity index (χ2v) is 7.80. The van der Waals surface area contributed by atoms with E-state index in [-0.39, 0.29) is 12.1 Å². The number of hydrogen-bond donors (Lipinski definition) is 3. The van der Waals surface area contributed by atoms with Crippen LogP contribution in [0.25, 0.3) is 11.0 Å². The smallest absolute Gasteiger partial charge is 0.407 e. The van der Waals surface area contributed by atoms with Crippen LogP contribution in [0.1, 0.15) is 46.5 Å².